The van der Waals surface area contributed by atoms with E-state index >= 15 is 0 Å². The Labute approximate surface area is 130 Å². The Kier molecular flexibility index (Phi) is 5.29. The van der Waals surface area contributed by atoms with E-state index in [4.69, 9.17) is 0 Å². The van der Waals surface area contributed by atoms with Crippen molar-refractivity contribution < 1.29 is 8.78 Å². The van der Waals surface area contributed by atoms with Gasteiger partial charge in [0.15, 0.2) is 11.6 Å². The van der Waals surface area contributed by atoms with E-state index in [1.807, 2.05) is 19.9 Å². The van der Waals surface area contributed by atoms with Gasteiger partial charge in [0.25, 0.3) is 0 Å². The molecule has 0 radical (unpaired) electrons. The summed E-state index contributed by atoms with van der Waals surface area (Å²) in [6.07, 6.45) is 0.926. The van der Waals surface area contributed by atoms with E-state index in [2.05, 4.69) is 21.2 Å². The molecule has 2 rings (SSSR count). The fraction of sp³-hybridized carbons (Fsp3) is 0.333. The zero-order chi connectivity index (χ0) is 14.7. The molecule has 0 aliphatic heterocycles. The van der Waals surface area contributed by atoms with Crippen LogP contribution in [0.25, 0.3) is 0 Å². The summed E-state index contributed by atoms with van der Waals surface area (Å²) in [7, 11) is 0. The van der Waals surface area contributed by atoms with Crippen molar-refractivity contribution in [1.82, 2.24) is 5.32 Å². The molecule has 1 heterocycles. The van der Waals surface area contributed by atoms with E-state index in [1.165, 1.54) is 0 Å². The molecule has 0 bridgehead atoms. The van der Waals surface area contributed by atoms with E-state index in [9.17, 15) is 8.78 Å². The first-order chi connectivity index (χ1) is 9.54. The molecule has 1 N–H and O–H groups in total. The first-order valence-corrected chi connectivity index (χ1v) is 8.08. The third-order valence-electron chi connectivity index (χ3n) is 2.99. The molecule has 1 unspecified atom stereocenters. The molecule has 1 aromatic heterocycles. The number of benzene rings is 1. The predicted molar refractivity (Wildman–Crippen MR) is 83.3 cm³/mol. The summed E-state index contributed by atoms with van der Waals surface area (Å²) in [6, 6.07) is 5.98. The van der Waals surface area contributed by atoms with Gasteiger partial charge in [-0.2, -0.15) is 0 Å². The number of thiophene rings is 1. The van der Waals surface area contributed by atoms with E-state index in [0.29, 0.717) is 5.56 Å². The van der Waals surface area contributed by atoms with Gasteiger partial charge in [0.05, 0.1) is 6.04 Å². The van der Waals surface area contributed by atoms with Crippen molar-refractivity contribution in [2.75, 3.05) is 6.54 Å². The first-order valence-electron chi connectivity index (χ1n) is 6.47. The lowest BCUT2D eigenvalue weighted by Gasteiger charge is -2.19. The summed E-state index contributed by atoms with van der Waals surface area (Å²) < 4.78 is 28.5. The standard InChI is InChI=1S/C15H16BrF2NS/c1-3-7-19-14(15-11(16)8-9(2)20-15)10-5-4-6-12(17)13(10)18/h4-6,8,14,19H,3,7H2,1-2H3. The maximum Gasteiger partial charge on any atom is 0.163 e. The molecular formula is C15H16BrF2NS. The fourth-order valence-electron chi connectivity index (χ4n) is 2.07. The van der Waals surface area contributed by atoms with Crippen LogP contribution in [0, 0.1) is 18.6 Å². The second-order valence-corrected chi connectivity index (χ2v) is 6.74. The lowest BCUT2D eigenvalue weighted by atomic mass is 10.0. The normalized spacial score (nSPS) is 12.7. The molecule has 5 heteroatoms. The third kappa shape index (κ3) is 3.27. The minimum absolute atomic E-state index is 0.335. The largest absolute Gasteiger partial charge is 0.305 e. The molecule has 0 spiro atoms. The Morgan fingerprint density at radius 1 is 1.35 bits per heavy atom. The van der Waals surface area contributed by atoms with Crippen molar-refractivity contribution >= 4 is 27.3 Å². The molecule has 1 nitrogen and oxygen atoms in total. The van der Waals surface area contributed by atoms with Gasteiger partial charge < -0.3 is 5.32 Å². The topological polar surface area (TPSA) is 12.0 Å². The SMILES string of the molecule is CCCNC(c1cccc(F)c1F)c1sc(C)cc1Br. The number of hydrogen-bond donors (Lipinski definition) is 1. The number of hydrogen-bond acceptors (Lipinski definition) is 2. The predicted octanol–water partition coefficient (Wildman–Crippen LogP) is 5.19. The molecule has 20 heavy (non-hydrogen) atoms. The molecule has 108 valence electrons. The van der Waals surface area contributed by atoms with Crippen LogP contribution in [0.15, 0.2) is 28.7 Å². The molecule has 0 amide bonds. The highest BCUT2D eigenvalue weighted by Gasteiger charge is 2.23. The highest BCUT2D eigenvalue weighted by molar-refractivity contribution is 9.10. The quantitative estimate of drug-likeness (QED) is 0.774. The summed E-state index contributed by atoms with van der Waals surface area (Å²) in [6.45, 7) is 4.78. The van der Waals surface area contributed by atoms with Crippen LogP contribution in [0.3, 0.4) is 0 Å². The van der Waals surface area contributed by atoms with Crippen LogP contribution < -0.4 is 5.32 Å². The molecule has 1 aromatic carbocycles. The third-order valence-corrected chi connectivity index (χ3v) is 5.02. The van der Waals surface area contributed by atoms with Crippen LogP contribution in [-0.4, -0.2) is 6.54 Å². The van der Waals surface area contributed by atoms with Gasteiger partial charge in [0, 0.05) is 19.8 Å². The molecule has 0 saturated carbocycles. The monoisotopic (exact) mass is 359 g/mol. The van der Waals surface area contributed by atoms with Crippen molar-refractivity contribution in [3.63, 3.8) is 0 Å². The van der Waals surface area contributed by atoms with Crippen molar-refractivity contribution in [1.29, 1.82) is 0 Å². The molecule has 1 atom stereocenters. The zero-order valence-electron chi connectivity index (χ0n) is 11.3. The molecule has 0 aliphatic rings. The second kappa shape index (κ2) is 6.78. The summed E-state index contributed by atoms with van der Waals surface area (Å²) >= 11 is 5.09. The average Bonchev–Trinajstić information content (AvgIpc) is 2.74. The van der Waals surface area contributed by atoms with Gasteiger partial charge in [-0.1, -0.05) is 19.1 Å². The van der Waals surface area contributed by atoms with Crippen molar-refractivity contribution in [3.05, 3.63) is 55.7 Å². The Balaban J connectivity index is 2.47. The average molecular weight is 360 g/mol. The van der Waals surface area contributed by atoms with Crippen LogP contribution in [0.1, 0.15) is 34.7 Å². The Hall–Kier alpha value is -0.780. The highest BCUT2D eigenvalue weighted by atomic mass is 79.9. The number of aryl methyl sites for hydroxylation is 1. The van der Waals surface area contributed by atoms with Gasteiger partial charge in [-0.25, -0.2) is 8.78 Å². The van der Waals surface area contributed by atoms with Gasteiger partial charge in [-0.15, -0.1) is 11.3 Å². The molecule has 2 aromatic rings. The summed E-state index contributed by atoms with van der Waals surface area (Å²) in [5.74, 6) is -1.59. The maximum atomic E-state index is 14.1. The van der Waals surface area contributed by atoms with Gasteiger partial charge in [-0.3, -0.25) is 0 Å². The van der Waals surface area contributed by atoms with Gasteiger partial charge in [-0.05, 0) is 48.0 Å². The van der Waals surface area contributed by atoms with Crippen LogP contribution >= 0.6 is 27.3 Å². The summed E-state index contributed by atoms with van der Waals surface area (Å²) in [4.78, 5) is 2.10. The van der Waals surface area contributed by atoms with E-state index in [1.54, 1.807) is 23.5 Å². The number of nitrogens with one attached hydrogen (secondary N) is 1. The zero-order valence-corrected chi connectivity index (χ0v) is 13.7. The number of rotatable bonds is 5. The Bertz CT molecular complexity index is 598. The van der Waals surface area contributed by atoms with Crippen LogP contribution in [0.2, 0.25) is 0 Å². The van der Waals surface area contributed by atoms with E-state index in [-0.39, 0.29) is 6.04 Å². The van der Waals surface area contributed by atoms with Gasteiger partial charge in [0.2, 0.25) is 0 Å². The van der Waals surface area contributed by atoms with Crippen LogP contribution in [0.5, 0.6) is 0 Å². The first kappa shape index (κ1) is 15.6. The fourth-order valence-corrected chi connectivity index (χ4v) is 4.05. The second-order valence-electron chi connectivity index (χ2n) is 4.60. The lowest BCUT2D eigenvalue weighted by molar-refractivity contribution is 0.481. The summed E-state index contributed by atoms with van der Waals surface area (Å²) in [5.41, 5.74) is 0.348. The number of halogens is 3. The van der Waals surface area contributed by atoms with Crippen molar-refractivity contribution in [2.45, 2.75) is 26.3 Å². The van der Waals surface area contributed by atoms with Crippen molar-refractivity contribution in [2.24, 2.45) is 0 Å². The van der Waals surface area contributed by atoms with Crippen LogP contribution in [-0.2, 0) is 0 Å². The van der Waals surface area contributed by atoms with E-state index in [0.717, 1.165) is 33.3 Å². The van der Waals surface area contributed by atoms with Crippen molar-refractivity contribution in [3.8, 4) is 0 Å². The van der Waals surface area contributed by atoms with Gasteiger partial charge in [0.1, 0.15) is 0 Å². The Morgan fingerprint density at radius 3 is 2.70 bits per heavy atom. The van der Waals surface area contributed by atoms with E-state index < -0.39 is 11.6 Å². The van der Waals surface area contributed by atoms with Crippen LogP contribution in [0.4, 0.5) is 8.78 Å². The highest BCUT2D eigenvalue weighted by Crippen LogP contribution is 2.36. The molecular weight excluding hydrogens is 344 g/mol. The minimum Gasteiger partial charge on any atom is -0.305 e. The molecule has 0 aliphatic carbocycles. The molecule has 0 saturated heterocycles. The smallest absolute Gasteiger partial charge is 0.163 e. The Morgan fingerprint density at radius 2 is 2.10 bits per heavy atom. The van der Waals surface area contributed by atoms with Gasteiger partial charge >= 0.3 is 0 Å². The maximum absolute atomic E-state index is 14.1. The lowest BCUT2D eigenvalue weighted by Crippen LogP contribution is -2.24. The summed E-state index contributed by atoms with van der Waals surface area (Å²) in [5, 5.41) is 3.30. The minimum atomic E-state index is -0.810. The molecule has 0 fully saturated rings.